The average Bonchev–Trinajstić information content (AvgIpc) is 2.87. The van der Waals surface area contributed by atoms with Crippen LogP contribution in [0.5, 0.6) is 0 Å². The fourth-order valence-electron chi connectivity index (χ4n) is 4.85. The van der Waals surface area contributed by atoms with E-state index in [1.54, 1.807) is 0 Å². The van der Waals surface area contributed by atoms with Gasteiger partial charge < -0.3 is 20.1 Å². The van der Waals surface area contributed by atoms with Gasteiger partial charge in [-0.25, -0.2) is 0 Å². The lowest BCUT2D eigenvalue weighted by molar-refractivity contribution is -0.885. The molecule has 38 heavy (non-hydrogen) atoms. The molecule has 2 N–H and O–H groups in total. The zero-order chi connectivity index (χ0) is 28.6. The van der Waals surface area contributed by atoms with Crippen molar-refractivity contribution in [3.8, 4) is 0 Å². The van der Waals surface area contributed by atoms with Gasteiger partial charge in [0.15, 0.2) is 0 Å². The standard InChI is InChI=1S/C18H37N.C16H33NO2/c1-2-3-4-5-6-7-8-9-10-11-12-13-14-15-16-17-18-19;1-4-5-6-7-8-9-10-11-12-13-14-17(2,3)15-16(18)19/h9-10H,2-8,11-19H2,1H3;4-15H2,1-3H3/b10-9-;. The number of nitrogens with zero attached hydrogens (tertiary/aromatic N) is 1. The van der Waals surface area contributed by atoms with Gasteiger partial charge in [-0.05, 0) is 51.5 Å². The van der Waals surface area contributed by atoms with E-state index in [2.05, 4.69) is 26.0 Å². The number of hydrogen-bond donors (Lipinski definition) is 1. The first-order valence-corrected chi connectivity index (χ1v) is 16.8. The number of hydrogen-bond acceptors (Lipinski definition) is 3. The van der Waals surface area contributed by atoms with Crippen LogP contribution in [0.4, 0.5) is 0 Å². The summed E-state index contributed by atoms with van der Waals surface area (Å²) >= 11 is 0. The molecular formula is C34H70N2O2. The molecule has 0 aromatic heterocycles. The molecular weight excluding hydrogens is 468 g/mol. The third-order valence-corrected chi connectivity index (χ3v) is 7.39. The monoisotopic (exact) mass is 539 g/mol. The SMILES string of the molecule is CCCCCCCC/C=C\CCCCCCCCN.CCCCCCCCCCCC[N+](C)(C)CC(=O)[O-]. The third-order valence-electron chi connectivity index (χ3n) is 7.39. The Bertz CT molecular complexity index is 491. The lowest BCUT2D eigenvalue weighted by Gasteiger charge is -2.30. The van der Waals surface area contributed by atoms with E-state index >= 15 is 0 Å². The van der Waals surface area contributed by atoms with Crippen molar-refractivity contribution in [3.63, 3.8) is 0 Å². The van der Waals surface area contributed by atoms with Crippen LogP contribution >= 0.6 is 0 Å². The molecule has 0 bridgehead atoms. The molecule has 0 unspecified atom stereocenters. The minimum Gasteiger partial charge on any atom is -0.544 e. The summed E-state index contributed by atoms with van der Waals surface area (Å²) in [5, 5.41) is 10.6. The highest BCUT2D eigenvalue weighted by Crippen LogP contribution is 2.12. The summed E-state index contributed by atoms with van der Waals surface area (Å²) in [4.78, 5) is 10.6. The molecule has 0 spiro atoms. The molecule has 0 rings (SSSR count). The molecule has 0 heterocycles. The molecule has 228 valence electrons. The van der Waals surface area contributed by atoms with Crippen LogP contribution in [0.15, 0.2) is 12.2 Å². The zero-order valence-corrected chi connectivity index (χ0v) is 26.6. The van der Waals surface area contributed by atoms with E-state index in [9.17, 15) is 9.90 Å². The number of allylic oxidation sites excluding steroid dienone is 2. The van der Waals surface area contributed by atoms with Crippen molar-refractivity contribution >= 4 is 5.97 Å². The minimum absolute atomic E-state index is 0.122. The molecule has 0 radical (unpaired) electrons. The van der Waals surface area contributed by atoms with Crippen LogP contribution in [0, 0.1) is 0 Å². The van der Waals surface area contributed by atoms with E-state index < -0.39 is 5.97 Å². The van der Waals surface area contributed by atoms with E-state index in [4.69, 9.17) is 5.73 Å². The van der Waals surface area contributed by atoms with Crippen LogP contribution in [0.3, 0.4) is 0 Å². The van der Waals surface area contributed by atoms with Crippen molar-refractivity contribution in [2.45, 2.75) is 168 Å². The molecule has 0 fully saturated rings. The number of carbonyl (C=O) groups excluding carboxylic acids is 1. The van der Waals surface area contributed by atoms with Crippen molar-refractivity contribution in [2.24, 2.45) is 5.73 Å². The van der Waals surface area contributed by atoms with Gasteiger partial charge in [-0.1, -0.05) is 135 Å². The molecule has 0 saturated heterocycles. The Balaban J connectivity index is 0. The quantitative estimate of drug-likeness (QED) is 0.0615. The maximum absolute atomic E-state index is 10.6. The Morgan fingerprint density at radius 1 is 0.579 bits per heavy atom. The van der Waals surface area contributed by atoms with Gasteiger partial charge in [0.25, 0.3) is 0 Å². The van der Waals surface area contributed by atoms with Crippen LogP contribution in [-0.4, -0.2) is 44.2 Å². The van der Waals surface area contributed by atoms with Crippen molar-refractivity contribution < 1.29 is 14.4 Å². The number of carboxylic acids is 1. The lowest BCUT2D eigenvalue weighted by atomic mass is 10.1. The molecule has 0 aromatic carbocycles. The van der Waals surface area contributed by atoms with Gasteiger partial charge in [-0.15, -0.1) is 0 Å². The smallest absolute Gasteiger partial charge is 0.119 e. The summed E-state index contributed by atoms with van der Waals surface area (Å²) in [7, 11) is 3.92. The fourth-order valence-corrected chi connectivity index (χ4v) is 4.85. The zero-order valence-electron chi connectivity index (χ0n) is 26.6. The van der Waals surface area contributed by atoms with Crippen LogP contribution < -0.4 is 10.8 Å². The number of carbonyl (C=O) groups is 1. The van der Waals surface area contributed by atoms with Crippen LogP contribution in [-0.2, 0) is 4.79 Å². The topological polar surface area (TPSA) is 66.2 Å². The molecule has 0 aromatic rings. The molecule has 0 aliphatic carbocycles. The molecule has 0 aliphatic rings. The third kappa shape index (κ3) is 37.3. The van der Waals surface area contributed by atoms with Crippen LogP contribution in [0.25, 0.3) is 0 Å². The fraction of sp³-hybridized carbons (Fsp3) is 0.912. The minimum atomic E-state index is -0.947. The predicted octanol–water partition coefficient (Wildman–Crippen LogP) is 8.72. The Labute approximate surface area is 239 Å². The van der Waals surface area contributed by atoms with Crippen molar-refractivity contribution in [3.05, 3.63) is 12.2 Å². The molecule has 0 aliphatic heterocycles. The first kappa shape index (κ1) is 39.3. The van der Waals surface area contributed by atoms with Gasteiger partial charge in [0, 0.05) is 0 Å². The number of unbranched alkanes of at least 4 members (excludes halogenated alkanes) is 21. The van der Waals surface area contributed by atoms with E-state index in [0.717, 1.165) is 19.5 Å². The van der Waals surface area contributed by atoms with Crippen molar-refractivity contribution in [1.29, 1.82) is 0 Å². The first-order chi connectivity index (χ1) is 18.4. The molecule has 4 nitrogen and oxygen atoms in total. The Kier molecular flexibility index (Phi) is 33.4. The van der Waals surface area contributed by atoms with E-state index in [-0.39, 0.29) is 6.54 Å². The van der Waals surface area contributed by atoms with E-state index in [0.29, 0.717) is 4.48 Å². The number of carboxylic acid groups (broad SMARTS) is 1. The maximum atomic E-state index is 10.6. The molecule has 4 heteroatoms. The number of aliphatic carboxylic acids is 1. The lowest BCUT2D eigenvalue weighted by Crippen LogP contribution is -2.48. The summed E-state index contributed by atoms with van der Waals surface area (Å²) in [5.74, 6) is -0.947. The van der Waals surface area contributed by atoms with Gasteiger partial charge in [0.2, 0.25) is 0 Å². The second-order valence-electron chi connectivity index (χ2n) is 12.1. The maximum Gasteiger partial charge on any atom is 0.119 e. The van der Waals surface area contributed by atoms with Gasteiger partial charge in [-0.2, -0.15) is 0 Å². The molecule has 0 atom stereocenters. The summed E-state index contributed by atoms with van der Waals surface area (Å²) in [5.41, 5.74) is 5.47. The summed E-state index contributed by atoms with van der Waals surface area (Å²) in [6.45, 7) is 6.45. The van der Waals surface area contributed by atoms with E-state index in [1.165, 1.54) is 148 Å². The molecule has 0 amide bonds. The van der Waals surface area contributed by atoms with Crippen LogP contribution in [0.2, 0.25) is 0 Å². The Morgan fingerprint density at radius 2 is 0.921 bits per heavy atom. The predicted molar refractivity (Wildman–Crippen MR) is 167 cm³/mol. The van der Waals surface area contributed by atoms with Gasteiger partial charge in [-0.3, -0.25) is 0 Å². The molecule has 0 saturated carbocycles. The largest absolute Gasteiger partial charge is 0.544 e. The highest BCUT2D eigenvalue weighted by atomic mass is 16.4. The normalized spacial score (nSPS) is 11.6. The number of rotatable bonds is 28. The van der Waals surface area contributed by atoms with Gasteiger partial charge in [0.05, 0.1) is 26.6 Å². The Morgan fingerprint density at radius 3 is 1.29 bits per heavy atom. The number of quaternary nitrogens is 1. The second kappa shape index (κ2) is 32.3. The van der Waals surface area contributed by atoms with E-state index in [1.807, 2.05) is 14.1 Å². The Hall–Kier alpha value is -0.870. The summed E-state index contributed by atoms with van der Waals surface area (Å²) in [6, 6.07) is 0. The number of likely N-dealkylation sites (N-methyl/N-ethyl adjacent to an activating group) is 1. The van der Waals surface area contributed by atoms with Gasteiger partial charge in [0.1, 0.15) is 6.54 Å². The summed E-state index contributed by atoms with van der Waals surface area (Å²) < 4.78 is 0.541. The highest BCUT2D eigenvalue weighted by Gasteiger charge is 2.14. The average molecular weight is 539 g/mol. The summed E-state index contributed by atoms with van der Waals surface area (Å²) in [6.07, 6.45) is 37.1. The van der Waals surface area contributed by atoms with Gasteiger partial charge >= 0.3 is 0 Å². The number of nitrogens with two attached hydrogens (primary N) is 1. The van der Waals surface area contributed by atoms with Crippen molar-refractivity contribution in [2.75, 3.05) is 33.7 Å². The first-order valence-electron chi connectivity index (χ1n) is 16.8. The second-order valence-corrected chi connectivity index (χ2v) is 12.1. The highest BCUT2D eigenvalue weighted by molar-refractivity contribution is 5.65. The van der Waals surface area contributed by atoms with Crippen LogP contribution in [0.1, 0.15) is 168 Å². The van der Waals surface area contributed by atoms with Crippen molar-refractivity contribution in [1.82, 2.24) is 0 Å².